The number of nitrogens with zero attached hydrogens (tertiary/aromatic N) is 2. The van der Waals surface area contributed by atoms with Crippen LogP contribution in [0.4, 0.5) is 0 Å². The highest BCUT2D eigenvalue weighted by Gasteiger charge is 2.35. The molecule has 1 atom stereocenters. The first-order chi connectivity index (χ1) is 9.49. The van der Waals surface area contributed by atoms with Crippen molar-refractivity contribution in [2.45, 2.75) is 31.7 Å². The van der Waals surface area contributed by atoms with Crippen molar-refractivity contribution in [1.82, 2.24) is 9.80 Å². The van der Waals surface area contributed by atoms with E-state index in [-0.39, 0.29) is 24.3 Å². The molecule has 0 spiro atoms. The average Bonchev–Trinajstić information content (AvgIpc) is 2.88. The number of primary amides is 1. The molecule has 2 aliphatic rings. The van der Waals surface area contributed by atoms with Crippen molar-refractivity contribution in [1.29, 1.82) is 0 Å². The van der Waals surface area contributed by atoms with E-state index in [1.54, 1.807) is 0 Å². The lowest BCUT2D eigenvalue weighted by Crippen LogP contribution is -2.47. The fourth-order valence-corrected chi connectivity index (χ4v) is 2.98. The first kappa shape index (κ1) is 14.8. The SMILES string of the molecule is NC(=O)C1CCN(CC(=O)N2CCCC2C(=O)O)CC1. The first-order valence-electron chi connectivity index (χ1n) is 7.03. The van der Waals surface area contributed by atoms with E-state index in [2.05, 4.69) is 0 Å². The standard InChI is InChI=1S/C13H21N3O4/c14-12(18)9-3-6-15(7-4-9)8-11(17)16-5-1-2-10(16)13(19)20/h9-10H,1-8H2,(H2,14,18)(H,19,20). The first-order valence-corrected chi connectivity index (χ1v) is 7.03. The van der Waals surface area contributed by atoms with E-state index < -0.39 is 12.0 Å². The van der Waals surface area contributed by atoms with Crippen LogP contribution in [0.2, 0.25) is 0 Å². The lowest BCUT2D eigenvalue weighted by Gasteiger charge is -2.31. The Morgan fingerprint density at radius 1 is 1.10 bits per heavy atom. The Labute approximate surface area is 117 Å². The van der Waals surface area contributed by atoms with Crippen LogP contribution in [-0.2, 0) is 14.4 Å². The number of carboxylic acids is 1. The number of amides is 2. The molecule has 2 rings (SSSR count). The summed E-state index contributed by atoms with van der Waals surface area (Å²) in [4.78, 5) is 37.7. The number of piperidine rings is 1. The predicted molar refractivity (Wildman–Crippen MR) is 70.7 cm³/mol. The highest BCUT2D eigenvalue weighted by molar-refractivity contribution is 5.85. The fraction of sp³-hybridized carbons (Fsp3) is 0.769. The van der Waals surface area contributed by atoms with Crippen LogP contribution >= 0.6 is 0 Å². The second-order valence-electron chi connectivity index (χ2n) is 5.54. The van der Waals surface area contributed by atoms with Crippen LogP contribution in [0, 0.1) is 5.92 Å². The summed E-state index contributed by atoms with van der Waals surface area (Å²) >= 11 is 0. The second-order valence-corrected chi connectivity index (χ2v) is 5.54. The number of nitrogens with two attached hydrogens (primary N) is 1. The maximum Gasteiger partial charge on any atom is 0.326 e. The Balaban J connectivity index is 1.83. The molecule has 0 saturated carbocycles. The maximum atomic E-state index is 12.2. The molecule has 0 aromatic heterocycles. The van der Waals surface area contributed by atoms with Crippen molar-refractivity contribution >= 4 is 17.8 Å². The number of aliphatic carboxylic acids is 1. The Kier molecular flexibility index (Phi) is 4.59. The number of rotatable bonds is 4. The fourth-order valence-electron chi connectivity index (χ4n) is 2.98. The third kappa shape index (κ3) is 3.27. The number of hydrogen-bond acceptors (Lipinski definition) is 4. The quantitative estimate of drug-likeness (QED) is 0.707. The summed E-state index contributed by atoms with van der Waals surface area (Å²) in [5.41, 5.74) is 5.27. The van der Waals surface area contributed by atoms with Crippen molar-refractivity contribution in [2.24, 2.45) is 11.7 Å². The van der Waals surface area contributed by atoms with Gasteiger partial charge in [0.2, 0.25) is 11.8 Å². The van der Waals surface area contributed by atoms with Gasteiger partial charge in [0.25, 0.3) is 0 Å². The summed E-state index contributed by atoms with van der Waals surface area (Å²) in [7, 11) is 0. The van der Waals surface area contributed by atoms with Gasteiger partial charge in [-0.05, 0) is 38.8 Å². The normalized spacial score (nSPS) is 24.8. The van der Waals surface area contributed by atoms with Crippen molar-refractivity contribution in [2.75, 3.05) is 26.2 Å². The molecule has 3 N–H and O–H groups in total. The molecular weight excluding hydrogens is 262 g/mol. The van der Waals surface area contributed by atoms with Crippen LogP contribution in [0.25, 0.3) is 0 Å². The van der Waals surface area contributed by atoms with Crippen LogP contribution in [0.5, 0.6) is 0 Å². The number of carbonyl (C=O) groups excluding carboxylic acids is 2. The van der Waals surface area contributed by atoms with Gasteiger partial charge in [0.15, 0.2) is 0 Å². The van der Waals surface area contributed by atoms with E-state index in [4.69, 9.17) is 10.8 Å². The molecule has 2 aliphatic heterocycles. The van der Waals surface area contributed by atoms with E-state index in [0.717, 1.165) is 6.42 Å². The zero-order chi connectivity index (χ0) is 14.7. The van der Waals surface area contributed by atoms with Crippen LogP contribution in [-0.4, -0.2) is 64.9 Å². The zero-order valence-corrected chi connectivity index (χ0v) is 11.5. The predicted octanol–water partition coefficient (Wildman–Crippen LogP) is -0.741. The molecule has 0 aliphatic carbocycles. The van der Waals surface area contributed by atoms with E-state index in [1.165, 1.54) is 4.90 Å². The minimum absolute atomic E-state index is 0.0973. The van der Waals surface area contributed by atoms with Gasteiger partial charge in [-0.2, -0.15) is 0 Å². The van der Waals surface area contributed by atoms with Gasteiger partial charge in [-0.15, -0.1) is 0 Å². The Morgan fingerprint density at radius 3 is 2.30 bits per heavy atom. The van der Waals surface area contributed by atoms with Gasteiger partial charge in [0, 0.05) is 12.5 Å². The molecule has 2 saturated heterocycles. The van der Waals surface area contributed by atoms with Gasteiger partial charge < -0.3 is 15.7 Å². The lowest BCUT2D eigenvalue weighted by molar-refractivity contribution is -0.148. The van der Waals surface area contributed by atoms with E-state index >= 15 is 0 Å². The van der Waals surface area contributed by atoms with Crippen molar-refractivity contribution in [3.05, 3.63) is 0 Å². The van der Waals surface area contributed by atoms with Crippen LogP contribution in [0.1, 0.15) is 25.7 Å². The smallest absolute Gasteiger partial charge is 0.326 e. The molecule has 2 amide bonds. The lowest BCUT2D eigenvalue weighted by atomic mass is 9.96. The summed E-state index contributed by atoms with van der Waals surface area (Å²) in [6.07, 6.45) is 2.62. The van der Waals surface area contributed by atoms with Gasteiger partial charge in [-0.25, -0.2) is 4.79 Å². The minimum atomic E-state index is -0.928. The molecule has 20 heavy (non-hydrogen) atoms. The Bertz CT molecular complexity index is 404. The van der Waals surface area contributed by atoms with Crippen molar-refractivity contribution in [3.63, 3.8) is 0 Å². The molecule has 2 fully saturated rings. The molecule has 1 unspecified atom stereocenters. The van der Waals surface area contributed by atoms with Gasteiger partial charge in [0.1, 0.15) is 6.04 Å². The highest BCUT2D eigenvalue weighted by Crippen LogP contribution is 2.20. The highest BCUT2D eigenvalue weighted by atomic mass is 16.4. The number of carbonyl (C=O) groups is 3. The van der Waals surface area contributed by atoms with Gasteiger partial charge in [-0.3, -0.25) is 14.5 Å². The number of carboxylic acid groups (broad SMARTS) is 1. The monoisotopic (exact) mass is 283 g/mol. The summed E-state index contributed by atoms with van der Waals surface area (Å²) in [5, 5.41) is 9.08. The third-order valence-electron chi connectivity index (χ3n) is 4.21. The molecule has 0 radical (unpaired) electrons. The summed E-state index contributed by atoms with van der Waals surface area (Å²) < 4.78 is 0. The second kappa shape index (κ2) is 6.21. The molecule has 2 heterocycles. The van der Waals surface area contributed by atoms with E-state index in [1.807, 2.05) is 4.90 Å². The van der Waals surface area contributed by atoms with E-state index in [0.29, 0.717) is 38.9 Å². The molecule has 112 valence electrons. The van der Waals surface area contributed by atoms with Crippen LogP contribution in [0.3, 0.4) is 0 Å². The summed E-state index contributed by atoms with van der Waals surface area (Å²) in [6.45, 7) is 2.07. The maximum absolute atomic E-state index is 12.2. The van der Waals surface area contributed by atoms with Crippen molar-refractivity contribution in [3.8, 4) is 0 Å². The molecule has 7 heteroatoms. The van der Waals surface area contributed by atoms with Crippen molar-refractivity contribution < 1.29 is 19.5 Å². The zero-order valence-electron chi connectivity index (χ0n) is 11.5. The summed E-state index contributed by atoms with van der Waals surface area (Å²) in [6, 6.07) is -0.675. The minimum Gasteiger partial charge on any atom is -0.480 e. The van der Waals surface area contributed by atoms with E-state index in [9.17, 15) is 14.4 Å². The molecule has 7 nitrogen and oxygen atoms in total. The van der Waals surface area contributed by atoms with Gasteiger partial charge in [-0.1, -0.05) is 0 Å². The van der Waals surface area contributed by atoms with Gasteiger partial charge in [0.05, 0.1) is 6.54 Å². The third-order valence-corrected chi connectivity index (χ3v) is 4.21. The largest absolute Gasteiger partial charge is 0.480 e. The molecular formula is C13H21N3O4. The number of likely N-dealkylation sites (tertiary alicyclic amines) is 2. The Morgan fingerprint density at radius 2 is 1.75 bits per heavy atom. The van der Waals surface area contributed by atoms with Gasteiger partial charge >= 0.3 is 5.97 Å². The average molecular weight is 283 g/mol. The van der Waals surface area contributed by atoms with Crippen LogP contribution in [0.15, 0.2) is 0 Å². The summed E-state index contributed by atoms with van der Waals surface area (Å²) in [5.74, 6) is -1.43. The molecule has 0 bridgehead atoms. The molecule has 0 aromatic rings. The van der Waals surface area contributed by atoms with Crippen LogP contribution < -0.4 is 5.73 Å². The Hall–Kier alpha value is -1.63. The topological polar surface area (TPSA) is 104 Å². The molecule has 0 aromatic carbocycles. The number of hydrogen-bond donors (Lipinski definition) is 2.